The van der Waals surface area contributed by atoms with Crippen molar-refractivity contribution < 1.29 is 14.4 Å². The van der Waals surface area contributed by atoms with Crippen molar-refractivity contribution >= 4 is 23.7 Å². The van der Waals surface area contributed by atoms with Crippen molar-refractivity contribution in [2.45, 2.75) is 20.3 Å². The second-order valence-electron chi connectivity index (χ2n) is 7.34. The summed E-state index contributed by atoms with van der Waals surface area (Å²) in [5, 5.41) is 11.8. The second-order valence-corrected chi connectivity index (χ2v) is 7.34. The van der Waals surface area contributed by atoms with Gasteiger partial charge in [0.15, 0.2) is 12.0 Å². The van der Waals surface area contributed by atoms with Crippen LogP contribution < -0.4 is 5.11 Å². The third-order valence-electron chi connectivity index (χ3n) is 5.51. The summed E-state index contributed by atoms with van der Waals surface area (Å²) in [6.45, 7) is 7.74. The lowest BCUT2D eigenvalue weighted by Gasteiger charge is -2.34. The summed E-state index contributed by atoms with van der Waals surface area (Å²) in [5.74, 6) is -1.07. The monoisotopic (exact) mass is 391 g/mol. The van der Waals surface area contributed by atoms with Crippen LogP contribution >= 0.6 is 0 Å². The largest absolute Gasteiger partial charge is 0.544 e. The van der Waals surface area contributed by atoms with Crippen molar-refractivity contribution in [3.8, 4) is 0 Å². The molecule has 152 valence electrons. The highest BCUT2D eigenvalue weighted by molar-refractivity contribution is 5.95. The average Bonchev–Trinajstić information content (AvgIpc) is 3.11. The molecule has 3 rings (SSSR count). The highest BCUT2D eigenvalue weighted by Gasteiger charge is 2.40. The number of carboxylic acid groups (broad SMARTS) is 1. The SMILES string of the molecule is CCN(CC)CCC[N+]1(CC(=O)[O-])C=NC(c2ccccc2)=C1c1ccccc1. The fraction of sp³-hybridized carbons (Fsp3) is 0.333. The number of hydrogen-bond donors (Lipinski definition) is 0. The van der Waals surface area contributed by atoms with Crippen molar-refractivity contribution in [2.24, 2.45) is 4.99 Å². The standard InChI is InChI=1S/C24H29N3O2/c1-3-26(4-2)16-11-17-27(18-22(28)29)19-25-23(20-12-7-5-8-13-20)24(27)21-14-9-6-10-15-21/h5-10,12-15,19H,3-4,11,16-18H2,1-2H3. The zero-order valence-electron chi connectivity index (χ0n) is 17.3. The highest BCUT2D eigenvalue weighted by Crippen LogP contribution is 2.39. The summed E-state index contributed by atoms with van der Waals surface area (Å²) in [6.07, 6.45) is 2.67. The predicted octanol–water partition coefficient (Wildman–Crippen LogP) is 2.85. The molecule has 0 saturated heterocycles. The maximum Gasteiger partial charge on any atom is 0.196 e. The van der Waals surface area contributed by atoms with Crippen LogP contribution in [0, 0.1) is 0 Å². The number of nitrogens with zero attached hydrogens (tertiary/aromatic N) is 3. The summed E-state index contributed by atoms with van der Waals surface area (Å²) < 4.78 is 0.178. The molecule has 29 heavy (non-hydrogen) atoms. The molecule has 1 aliphatic heterocycles. The lowest BCUT2D eigenvalue weighted by atomic mass is 10.0. The van der Waals surface area contributed by atoms with Crippen LogP contribution in [0.2, 0.25) is 0 Å². The fourth-order valence-corrected chi connectivity index (χ4v) is 4.01. The Bertz CT molecular complexity index is 874. The number of aliphatic imine (C=N–C) groups is 1. The Hall–Kier alpha value is -2.76. The number of rotatable bonds is 10. The minimum absolute atomic E-state index is 0.123. The maximum atomic E-state index is 11.8. The number of hydrogen-bond acceptors (Lipinski definition) is 4. The zero-order valence-corrected chi connectivity index (χ0v) is 17.3. The summed E-state index contributed by atoms with van der Waals surface area (Å²) in [4.78, 5) is 18.9. The minimum atomic E-state index is -1.07. The van der Waals surface area contributed by atoms with E-state index in [4.69, 9.17) is 4.99 Å². The molecular formula is C24H29N3O2. The lowest BCUT2D eigenvalue weighted by Crippen LogP contribution is -2.51. The third-order valence-corrected chi connectivity index (χ3v) is 5.51. The van der Waals surface area contributed by atoms with Gasteiger partial charge in [-0.3, -0.25) is 0 Å². The van der Waals surface area contributed by atoms with E-state index < -0.39 is 5.97 Å². The summed E-state index contributed by atoms with van der Waals surface area (Å²) in [7, 11) is 0. The number of benzene rings is 2. The predicted molar refractivity (Wildman–Crippen MR) is 116 cm³/mol. The van der Waals surface area contributed by atoms with Crippen molar-refractivity contribution in [2.75, 3.05) is 32.7 Å². The molecule has 1 aliphatic rings. The van der Waals surface area contributed by atoms with Crippen LogP contribution in [-0.4, -0.2) is 54.4 Å². The molecule has 1 unspecified atom stereocenters. The van der Waals surface area contributed by atoms with Gasteiger partial charge < -0.3 is 14.8 Å². The Balaban J connectivity index is 2.04. The van der Waals surface area contributed by atoms with Gasteiger partial charge in [0.2, 0.25) is 0 Å². The van der Waals surface area contributed by atoms with Gasteiger partial charge in [0, 0.05) is 24.1 Å². The van der Waals surface area contributed by atoms with Gasteiger partial charge in [0.25, 0.3) is 0 Å². The molecule has 2 aromatic carbocycles. The van der Waals surface area contributed by atoms with Crippen molar-refractivity contribution in [1.29, 1.82) is 0 Å². The Morgan fingerprint density at radius 3 is 2.10 bits per heavy atom. The molecule has 0 bridgehead atoms. The van der Waals surface area contributed by atoms with Crippen LogP contribution in [0.3, 0.4) is 0 Å². The molecule has 0 fully saturated rings. The van der Waals surface area contributed by atoms with Gasteiger partial charge in [-0.2, -0.15) is 4.99 Å². The molecule has 0 aromatic heterocycles. The molecular weight excluding hydrogens is 362 g/mol. The molecule has 0 N–H and O–H groups in total. The van der Waals surface area contributed by atoms with E-state index in [1.54, 1.807) is 6.34 Å². The van der Waals surface area contributed by atoms with Gasteiger partial charge in [-0.25, -0.2) is 4.48 Å². The van der Waals surface area contributed by atoms with Crippen LogP contribution in [-0.2, 0) is 4.79 Å². The van der Waals surface area contributed by atoms with Crippen molar-refractivity contribution in [1.82, 2.24) is 4.90 Å². The molecule has 1 heterocycles. The number of carbonyl (C=O) groups excluding carboxylic acids is 1. The minimum Gasteiger partial charge on any atom is -0.544 e. The van der Waals surface area contributed by atoms with Crippen LogP contribution in [0.4, 0.5) is 0 Å². The van der Waals surface area contributed by atoms with E-state index in [2.05, 4.69) is 18.7 Å². The average molecular weight is 392 g/mol. The van der Waals surface area contributed by atoms with Crippen molar-refractivity contribution in [3.63, 3.8) is 0 Å². The van der Waals surface area contributed by atoms with Crippen LogP contribution in [0.15, 0.2) is 65.7 Å². The molecule has 0 amide bonds. The molecule has 2 aromatic rings. The van der Waals surface area contributed by atoms with E-state index in [1.807, 2.05) is 60.7 Å². The van der Waals surface area contributed by atoms with Crippen molar-refractivity contribution in [3.05, 3.63) is 71.8 Å². The van der Waals surface area contributed by atoms with E-state index in [-0.39, 0.29) is 11.0 Å². The maximum absolute atomic E-state index is 11.8. The third kappa shape index (κ3) is 4.81. The fourth-order valence-electron chi connectivity index (χ4n) is 4.01. The normalized spacial score (nSPS) is 18.6. The van der Waals surface area contributed by atoms with Gasteiger partial charge in [-0.1, -0.05) is 62.4 Å². The number of quaternary nitrogens is 1. The van der Waals surface area contributed by atoms with Gasteiger partial charge in [0.05, 0.1) is 12.5 Å². The van der Waals surface area contributed by atoms with E-state index >= 15 is 0 Å². The van der Waals surface area contributed by atoms with Gasteiger partial charge in [0.1, 0.15) is 12.2 Å². The first kappa shape index (κ1) is 21.0. The number of carboxylic acids is 1. The highest BCUT2D eigenvalue weighted by atomic mass is 16.4. The molecule has 0 spiro atoms. The first-order valence-corrected chi connectivity index (χ1v) is 10.3. The molecule has 0 aliphatic carbocycles. The Morgan fingerprint density at radius 1 is 0.966 bits per heavy atom. The molecule has 5 heteroatoms. The summed E-state index contributed by atoms with van der Waals surface area (Å²) >= 11 is 0. The molecule has 5 nitrogen and oxygen atoms in total. The lowest BCUT2D eigenvalue weighted by molar-refractivity contribution is -0.753. The second kappa shape index (κ2) is 9.63. The zero-order chi connectivity index (χ0) is 20.7. The van der Waals surface area contributed by atoms with Crippen LogP contribution in [0.1, 0.15) is 31.4 Å². The van der Waals surface area contributed by atoms with E-state index in [0.29, 0.717) is 6.54 Å². The Kier molecular flexibility index (Phi) is 6.96. The Morgan fingerprint density at radius 2 is 1.55 bits per heavy atom. The summed E-state index contributed by atoms with van der Waals surface area (Å²) in [5.41, 5.74) is 3.75. The van der Waals surface area contributed by atoms with Crippen LogP contribution in [0.25, 0.3) is 11.4 Å². The van der Waals surface area contributed by atoms with E-state index in [1.165, 1.54) is 0 Å². The number of carbonyl (C=O) groups is 1. The first-order chi connectivity index (χ1) is 14.1. The van der Waals surface area contributed by atoms with Crippen LogP contribution in [0.5, 0.6) is 0 Å². The topological polar surface area (TPSA) is 55.7 Å². The summed E-state index contributed by atoms with van der Waals surface area (Å²) in [6, 6.07) is 19.9. The Labute approximate surface area is 173 Å². The molecule has 0 saturated carbocycles. The smallest absolute Gasteiger partial charge is 0.196 e. The van der Waals surface area contributed by atoms with E-state index in [9.17, 15) is 9.90 Å². The quantitative estimate of drug-likeness (QED) is 0.585. The first-order valence-electron chi connectivity index (χ1n) is 10.3. The van der Waals surface area contributed by atoms with Gasteiger partial charge in [-0.05, 0) is 25.2 Å². The van der Waals surface area contributed by atoms with Gasteiger partial charge >= 0.3 is 0 Å². The number of aliphatic carboxylic acids is 1. The molecule has 1 atom stereocenters. The van der Waals surface area contributed by atoms with Gasteiger partial charge in [-0.15, -0.1) is 0 Å². The van der Waals surface area contributed by atoms with E-state index in [0.717, 1.165) is 48.6 Å². The molecule has 0 radical (unpaired) electrons.